The van der Waals surface area contributed by atoms with Gasteiger partial charge >= 0.3 is 0 Å². The number of halogens is 1. The first kappa shape index (κ1) is 19.3. The topological polar surface area (TPSA) is 45.9 Å². The zero-order valence-corrected chi connectivity index (χ0v) is 16.9. The minimum absolute atomic E-state index is 0.314. The Morgan fingerprint density at radius 1 is 1.04 bits per heavy atom. The molecule has 0 saturated heterocycles. The minimum atomic E-state index is 0.314. The van der Waals surface area contributed by atoms with E-state index in [-0.39, 0.29) is 0 Å². The molecule has 0 atom stereocenters. The van der Waals surface area contributed by atoms with Crippen LogP contribution >= 0.6 is 23.4 Å². The highest BCUT2D eigenvalue weighted by Gasteiger charge is 2.17. The number of benzene rings is 2. The Morgan fingerprint density at radius 2 is 1.67 bits per heavy atom. The Labute approximate surface area is 169 Å². The molecule has 0 fully saturated rings. The molecule has 0 aliphatic rings. The lowest BCUT2D eigenvalue weighted by Crippen LogP contribution is -1.98. The van der Waals surface area contributed by atoms with Gasteiger partial charge in [-0.25, -0.2) is 4.98 Å². The molecule has 2 aromatic carbocycles. The molecule has 3 nitrogen and oxygen atoms in total. The third-order valence-electron chi connectivity index (χ3n) is 3.99. The molecule has 5 heteroatoms. The summed E-state index contributed by atoms with van der Waals surface area (Å²) in [6, 6.07) is 19.6. The summed E-state index contributed by atoms with van der Waals surface area (Å²) < 4.78 is 5.24. The molecule has 0 N–H and O–H groups in total. The van der Waals surface area contributed by atoms with E-state index >= 15 is 0 Å². The highest BCUT2D eigenvalue weighted by molar-refractivity contribution is 7.99. The van der Waals surface area contributed by atoms with Crippen molar-refractivity contribution in [3.63, 3.8) is 0 Å². The van der Waals surface area contributed by atoms with Crippen LogP contribution in [-0.4, -0.2) is 17.3 Å². The van der Waals surface area contributed by atoms with Gasteiger partial charge in [0.25, 0.3) is 0 Å². The molecule has 0 unspecified atom stereocenters. The molecule has 0 aliphatic carbocycles. The maximum absolute atomic E-state index is 9.81. The minimum Gasteiger partial charge on any atom is -0.497 e. The van der Waals surface area contributed by atoms with Gasteiger partial charge in [0.2, 0.25) is 0 Å². The van der Waals surface area contributed by atoms with Crippen LogP contribution < -0.4 is 4.74 Å². The number of nitriles is 1. The van der Waals surface area contributed by atoms with Crippen molar-refractivity contribution >= 4 is 23.4 Å². The number of rotatable bonds is 5. The average Bonchev–Trinajstić information content (AvgIpc) is 2.67. The summed E-state index contributed by atoms with van der Waals surface area (Å²) in [5.41, 5.74) is 4.19. The van der Waals surface area contributed by atoms with Gasteiger partial charge in [-0.15, -0.1) is 11.8 Å². The first-order valence-corrected chi connectivity index (χ1v) is 9.79. The molecule has 0 spiro atoms. The number of ether oxygens (including phenoxy) is 1. The van der Waals surface area contributed by atoms with Crippen LogP contribution in [0.5, 0.6) is 5.75 Å². The lowest BCUT2D eigenvalue weighted by molar-refractivity contribution is 0.415. The normalized spacial score (nSPS) is 10.7. The lowest BCUT2D eigenvalue weighted by atomic mass is 9.99. The third-order valence-corrected chi connectivity index (χ3v) is 5.23. The highest BCUT2D eigenvalue weighted by Crippen LogP contribution is 2.36. The Bertz CT molecular complexity index is 977. The van der Waals surface area contributed by atoms with E-state index in [9.17, 15) is 5.26 Å². The van der Waals surface area contributed by atoms with Gasteiger partial charge in [0.05, 0.1) is 18.4 Å². The Hall–Kier alpha value is -2.48. The number of thioether (sulfide) groups is 1. The molecule has 3 aromatic rings. The summed E-state index contributed by atoms with van der Waals surface area (Å²) in [4.78, 5) is 4.79. The van der Waals surface area contributed by atoms with E-state index in [0.717, 1.165) is 33.2 Å². The number of pyridine rings is 1. The second-order valence-electron chi connectivity index (χ2n) is 6.25. The molecule has 0 amide bonds. The van der Waals surface area contributed by atoms with E-state index in [4.69, 9.17) is 21.3 Å². The van der Waals surface area contributed by atoms with Crippen LogP contribution in [0.1, 0.15) is 19.4 Å². The summed E-state index contributed by atoms with van der Waals surface area (Å²) in [5.74, 6) is 0.794. The monoisotopic (exact) mass is 394 g/mol. The fourth-order valence-electron chi connectivity index (χ4n) is 2.71. The zero-order valence-electron chi connectivity index (χ0n) is 15.4. The molecule has 0 saturated carbocycles. The van der Waals surface area contributed by atoms with Crippen LogP contribution in [0, 0.1) is 11.3 Å². The molecular weight excluding hydrogens is 376 g/mol. The smallest absolute Gasteiger partial charge is 0.118 e. The molecular formula is C22H19ClN2OS. The quantitative estimate of drug-likeness (QED) is 0.466. The maximum atomic E-state index is 9.81. The van der Waals surface area contributed by atoms with Gasteiger partial charge in [0.1, 0.15) is 16.8 Å². The fraction of sp³-hybridized carbons (Fsp3) is 0.182. The molecule has 1 aromatic heterocycles. The maximum Gasteiger partial charge on any atom is 0.118 e. The van der Waals surface area contributed by atoms with Gasteiger partial charge in [-0.2, -0.15) is 5.26 Å². The van der Waals surface area contributed by atoms with Gasteiger partial charge in [0, 0.05) is 21.4 Å². The number of aromatic nitrogens is 1. The predicted molar refractivity (Wildman–Crippen MR) is 112 cm³/mol. The van der Waals surface area contributed by atoms with E-state index in [1.165, 1.54) is 0 Å². The second-order valence-corrected chi connectivity index (χ2v) is 8.25. The zero-order chi connectivity index (χ0) is 19.4. The van der Waals surface area contributed by atoms with Crippen molar-refractivity contribution in [3.8, 4) is 34.2 Å². The molecule has 1 heterocycles. The van der Waals surface area contributed by atoms with E-state index in [0.29, 0.717) is 15.8 Å². The standard InChI is InChI=1S/C22H19ClN2OS/c1-14(2)27-22-20(13-24)19(15-4-8-17(23)9-5-15)12-21(25-22)16-6-10-18(26-3)11-7-16/h4-12,14H,1-3H3. The number of methoxy groups -OCH3 is 1. The van der Waals surface area contributed by atoms with Gasteiger partial charge in [-0.3, -0.25) is 0 Å². The Kier molecular flexibility index (Phi) is 6.05. The van der Waals surface area contributed by atoms with Crippen molar-refractivity contribution in [2.75, 3.05) is 7.11 Å². The second kappa shape index (κ2) is 8.47. The molecule has 3 rings (SSSR count). The first-order chi connectivity index (χ1) is 13.0. The van der Waals surface area contributed by atoms with Gasteiger partial charge in [-0.05, 0) is 48.0 Å². The van der Waals surface area contributed by atoms with Crippen LogP contribution in [0.3, 0.4) is 0 Å². The summed E-state index contributed by atoms with van der Waals surface area (Å²) >= 11 is 7.63. The number of hydrogen-bond acceptors (Lipinski definition) is 4. The fourth-order valence-corrected chi connectivity index (χ4v) is 3.70. The van der Waals surface area contributed by atoms with Gasteiger partial charge in [-0.1, -0.05) is 37.6 Å². The van der Waals surface area contributed by atoms with Crippen LogP contribution in [0.4, 0.5) is 0 Å². The predicted octanol–water partition coefficient (Wildman–Crippen LogP) is 6.45. The van der Waals surface area contributed by atoms with Crippen molar-refractivity contribution in [2.45, 2.75) is 24.1 Å². The van der Waals surface area contributed by atoms with Crippen molar-refractivity contribution < 1.29 is 4.74 Å². The van der Waals surface area contributed by atoms with Crippen molar-refractivity contribution in [1.82, 2.24) is 4.98 Å². The first-order valence-electron chi connectivity index (χ1n) is 8.54. The van der Waals surface area contributed by atoms with Crippen LogP contribution in [0.2, 0.25) is 5.02 Å². The van der Waals surface area contributed by atoms with Crippen molar-refractivity contribution in [1.29, 1.82) is 5.26 Å². The third kappa shape index (κ3) is 4.44. The summed E-state index contributed by atoms with van der Waals surface area (Å²) in [6.45, 7) is 4.19. The summed E-state index contributed by atoms with van der Waals surface area (Å²) in [5, 5.41) is 11.5. The molecule has 0 radical (unpaired) electrons. The SMILES string of the molecule is COc1ccc(-c2cc(-c3ccc(Cl)cc3)c(C#N)c(SC(C)C)n2)cc1. The van der Waals surface area contributed by atoms with Crippen molar-refractivity contribution in [3.05, 3.63) is 65.2 Å². The molecule has 0 aliphatic heterocycles. The van der Waals surface area contributed by atoms with Crippen LogP contribution in [-0.2, 0) is 0 Å². The molecule has 136 valence electrons. The number of nitrogens with zero attached hydrogens (tertiary/aromatic N) is 2. The van der Waals surface area contributed by atoms with E-state index in [1.54, 1.807) is 18.9 Å². The van der Waals surface area contributed by atoms with E-state index < -0.39 is 0 Å². The van der Waals surface area contributed by atoms with Gasteiger partial charge < -0.3 is 4.74 Å². The van der Waals surface area contributed by atoms with Crippen molar-refractivity contribution in [2.24, 2.45) is 0 Å². The summed E-state index contributed by atoms with van der Waals surface area (Å²) in [7, 11) is 1.64. The lowest BCUT2D eigenvalue weighted by Gasteiger charge is -2.14. The number of hydrogen-bond donors (Lipinski definition) is 0. The van der Waals surface area contributed by atoms with Gasteiger partial charge in [0.15, 0.2) is 0 Å². The van der Waals surface area contributed by atoms with E-state index in [1.807, 2.05) is 54.6 Å². The Morgan fingerprint density at radius 3 is 2.22 bits per heavy atom. The van der Waals surface area contributed by atoms with Crippen LogP contribution in [0.15, 0.2) is 59.6 Å². The summed E-state index contributed by atoms with van der Waals surface area (Å²) in [6.07, 6.45) is 0. The largest absolute Gasteiger partial charge is 0.497 e. The highest BCUT2D eigenvalue weighted by atomic mass is 35.5. The molecule has 0 bridgehead atoms. The average molecular weight is 395 g/mol. The van der Waals surface area contributed by atoms with E-state index in [2.05, 4.69) is 19.9 Å². The Balaban J connectivity index is 2.20. The van der Waals surface area contributed by atoms with Crippen LogP contribution in [0.25, 0.3) is 22.4 Å². The molecule has 27 heavy (non-hydrogen) atoms.